The molecular formula is C14H16N6O. The molecule has 7 heteroatoms. The van der Waals surface area contributed by atoms with Crippen LogP contribution in [-0.2, 0) is 4.74 Å². The number of nitrogens with one attached hydrogen (secondary N) is 1. The van der Waals surface area contributed by atoms with Crippen molar-refractivity contribution in [1.29, 1.82) is 0 Å². The molecule has 2 aliphatic carbocycles. The van der Waals surface area contributed by atoms with Crippen LogP contribution in [0.25, 0.3) is 11.2 Å². The van der Waals surface area contributed by atoms with E-state index in [1.807, 2.05) is 6.33 Å². The molecule has 3 N–H and O–H groups in total. The van der Waals surface area contributed by atoms with Crippen LogP contribution in [0.1, 0.15) is 25.3 Å². The maximum absolute atomic E-state index is 5.87. The highest BCUT2D eigenvalue weighted by atomic mass is 16.6. The number of nitrogens with zero attached hydrogens (tertiary/aromatic N) is 4. The van der Waals surface area contributed by atoms with Crippen molar-refractivity contribution in [3.05, 3.63) is 18.5 Å². The van der Waals surface area contributed by atoms with Gasteiger partial charge in [0.25, 0.3) is 0 Å². The van der Waals surface area contributed by atoms with E-state index in [-0.39, 0.29) is 17.6 Å². The van der Waals surface area contributed by atoms with Crippen LogP contribution in [0.2, 0.25) is 0 Å². The lowest BCUT2D eigenvalue weighted by Gasteiger charge is -2.12. The molecule has 0 unspecified atom stereocenters. The zero-order valence-electron chi connectivity index (χ0n) is 11.5. The summed E-state index contributed by atoms with van der Waals surface area (Å²) in [7, 11) is 0. The Hall–Kier alpha value is -2.15. The third kappa shape index (κ3) is 1.80. The van der Waals surface area contributed by atoms with Crippen LogP contribution in [0.15, 0.2) is 18.5 Å². The number of allylic oxidation sites excluding steroid dienone is 1. The summed E-state index contributed by atoms with van der Waals surface area (Å²) < 4.78 is 7.58. The molecule has 1 spiro atoms. The summed E-state index contributed by atoms with van der Waals surface area (Å²) in [6.07, 6.45) is 9.44. The van der Waals surface area contributed by atoms with Crippen molar-refractivity contribution >= 4 is 22.9 Å². The molecule has 108 valence electrons. The van der Waals surface area contributed by atoms with Gasteiger partial charge >= 0.3 is 0 Å². The van der Waals surface area contributed by atoms with Gasteiger partial charge in [-0.05, 0) is 12.8 Å². The van der Waals surface area contributed by atoms with Crippen LogP contribution in [0.5, 0.6) is 0 Å². The van der Waals surface area contributed by atoms with Gasteiger partial charge in [0.05, 0.1) is 19.0 Å². The van der Waals surface area contributed by atoms with Crippen molar-refractivity contribution in [3.63, 3.8) is 0 Å². The Morgan fingerprint density at radius 2 is 2.24 bits per heavy atom. The molecule has 0 bridgehead atoms. The zero-order valence-corrected chi connectivity index (χ0v) is 11.5. The number of nitrogen functional groups attached to an aromatic ring is 1. The van der Waals surface area contributed by atoms with E-state index >= 15 is 0 Å². The van der Waals surface area contributed by atoms with E-state index < -0.39 is 0 Å². The number of ether oxygens (including phenoxy) is 1. The number of hydrogen-bond acceptors (Lipinski definition) is 6. The van der Waals surface area contributed by atoms with E-state index in [9.17, 15) is 0 Å². The van der Waals surface area contributed by atoms with Gasteiger partial charge in [-0.1, -0.05) is 12.2 Å². The molecule has 3 heterocycles. The number of anilines is 2. The first-order valence-electron chi connectivity index (χ1n) is 7.32. The number of rotatable bonds is 3. The molecule has 3 aliphatic rings. The number of imidazole rings is 1. The average Bonchev–Trinajstić information content (AvgIpc) is 3.31. The van der Waals surface area contributed by atoms with Crippen LogP contribution in [0.4, 0.5) is 11.8 Å². The van der Waals surface area contributed by atoms with Crippen molar-refractivity contribution in [2.45, 2.75) is 36.9 Å². The largest absolute Gasteiger partial charge is 0.368 e. The maximum Gasteiger partial charge on any atom is 0.224 e. The number of epoxide rings is 1. The van der Waals surface area contributed by atoms with E-state index in [1.165, 1.54) is 12.8 Å². The molecule has 1 saturated heterocycles. The Balaban J connectivity index is 1.58. The van der Waals surface area contributed by atoms with Gasteiger partial charge in [0, 0.05) is 12.5 Å². The molecule has 1 aliphatic heterocycles. The van der Waals surface area contributed by atoms with Gasteiger partial charge in [-0.15, -0.1) is 0 Å². The summed E-state index contributed by atoms with van der Waals surface area (Å²) in [5.41, 5.74) is 7.42. The van der Waals surface area contributed by atoms with Crippen LogP contribution < -0.4 is 11.1 Å². The minimum absolute atomic E-state index is 0.0328. The summed E-state index contributed by atoms with van der Waals surface area (Å²) in [6.45, 7) is 0.818. The molecule has 7 nitrogen and oxygen atoms in total. The van der Waals surface area contributed by atoms with Gasteiger partial charge < -0.3 is 20.4 Å². The Bertz CT molecular complexity index is 758. The smallest absolute Gasteiger partial charge is 0.224 e. The fraction of sp³-hybridized carbons (Fsp3) is 0.500. The third-order valence-electron chi connectivity index (χ3n) is 4.41. The van der Waals surface area contributed by atoms with Crippen LogP contribution in [0.3, 0.4) is 0 Å². The summed E-state index contributed by atoms with van der Waals surface area (Å²) >= 11 is 0. The molecular weight excluding hydrogens is 268 g/mol. The summed E-state index contributed by atoms with van der Waals surface area (Å²) in [4.78, 5) is 13.2. The van der Waals surface area contributed by atoms with Crippen molar-refractivity contribution in [2.75, 3.05) is 17.7 Å². The standard InChI is InChI=1S/C14H16N6O/c15-13-18-11(17-8-1-2-8)10-12(19-13)20(7-16-10)9-3-4-14(5-9)6-21-14/h3-4,7-9H,1-2,5-6H2,(H3,15,17,18,19)/t9-,14-/m0/s1. The molecule has 0 amide bonds. The van der Waals surface area contributed by atoms with Crippen LogP contribution in [-0.4, -0.2) is 37.8 Å². The van der Waals surface area contributed by atoms with Gasteiger partial charge in [0.15, 0.2) is 17.0 Å². The van der Waals surface area contributed by atoms with Crippen molar-refractivity contribution < 1.29 is 4.74 Å². The van der Waals surface area contributed by atoms with Gasteiger partial charge in [-0.2, -0.15) is 9.97 Å². The number of fused-ring (bicyclic) bond motifs is 1. The Morgan fingerprint density at radius 1 is 1.38 bits per heavy atom. The van der Waals surface area contributed by atoms with E-state index in [0.29, 0.717) is 6.04 Å². The van der Waals surface area contributed by atoms with Gasteiger partial charge in [-0.25, -0.2) is 4.98 Å². The van der Waals surface area contributed by atoms with E-state index in [0.717, 1.165) is 30.0 Å². The van der Waals surface area contributed by atoms with Gasteiger partial charge in [0.2, 0.25) is 5.95 Å². The fourth-order valence-corrected chi connectivity index (χ4v) is 2.97. The first-order chi connectivity index (χ1) is 10.2. The van der Waals surface area contributed by atoms with Gasteiger partial charge in [0.1, 0.15) is 5.60 Å². The van der Waals surface area contributed by atoms with Crippen LogP contribution in [0, 0.1) is 0 Å². The van der Waals surface area contributed by atoms with Gasteiger partial charge in [-0.3, -0.25) is 0 Å². The second kappa shape index (κ2) is 3.73. The van der Waals surface area contributed by atoms with Crippen molar-refractivity contribution in [2.24, 2.45) is 0 Å². The van der Waals surface area contributed by atoms with E-state index in [2.05, 4.69) is 37.0 Å². The second-order valence-corrected chi connectivity index (χ2v) is 6.16. The molecule has 0 radical (unpaired) electrons. The molecule has 21 heavy (non-hydrogen) atoms. The minimum atomic E-state index is -0.0328. The lowest BCUT2D eigenvalue weighted by Crippen LogP contribution is -2.11. The molecule has 2 atom stereocenters. The molecule has 1 saturated carbocycles. The summed E-state index contributed by atoms with van der Waals surface area (Å²) in [6, 6.07) is 0.725. The zero-order chi connectivity index (χ0) is 14.0. The first-order valence-corrected chi connectivity index (χ1v) is 7.32. The van der Waals surface area contributed by atoms with E-state index in [4.69, 9.17) is 10.5 Å². The predicted molar refractivity (Wildman–Crippen MR) is 77.9 cm³/mol. The quantitative estimate of drug-likeness (QED) is 0.651. The highest BCUT2D eigenvalue weighted by Crippen LogP contribution is 2.43. The number of aromatic nitrogens is 4. The maximum atomic E-state index is 5.87. The molecule has 2 aromatic rings. The SMILES string of the molecule is Nc1nc(NC2CC2)c2ncn([C@H]3C=C[C@@]4(CO4)C3)c2n1. The fourth-order valence-electron chi connectivity index (χ4n) is 2.97. The Labute approximate surface area is 121 Å². The van der Waals surface area contributed by atoms with Crippen LogP contribution >= 0.6 is 0 Å². The second-order valence-electron chi connectivity index (χ2n) is 6.16. The Kier molecular flexibility index (Phi) is 2.04. The topological polar surface area (TPSA) is 94.2 Å². The molecule has 0 aromatic carbocycles. The Morgan fingerprint density at radius 3 is 2.95 bits per heavy atom. The highest BCUT2D eigenvalue weighted by molar-refractivity contribution is 5.84. The molecule has 2 fully saturated rings. The highest BCUT2D eigenvalue weighted by Gasteiger charge is 2.47. The normalized spacial score (nSPS) is 30.4. The molecule has 2 aromatic heterocycles. The minimum Gasteiger partial charge on any atom is -0.368 e. The monoisotopic (exact) mass is 284 g/mol. The first kappa shape index (κ1) is 11.5. The average molecular weight is 284 g/mol. The number of nitrogens with two attached hydrogens (primary N) is 1. The lowest BCUT2D eigenvalue weighted by molar-refractivity contribution is 0.330. The lowest BCUT2D eigenvalue weighted by atomic mass is 10.1. The summed E-state index contributed by atoms with van der Waals surface area (Å²) in [5.74, 6) is 1.03. The third-order valence-corrected chi connectivity index (χ3v) is 4.41. The van der Waals surface area contributed by atoms with Crippen molar-refractivity contribution in [1.82, 2.24) is 19.5 Å². The molecule has 5 rings (SSSR count). The van der Waals surface area contributed by atoms with E-state index in [1.54, 1.807) is 0 Å². The predicted octanol–water partition coefficient (Wildman–Crippen LogP) is 1.25. The number of hydrogen-bond donors (Lipinski definition) is 2. The summed E-state index contributed by atoms with van der Waals surface area (Å²) in [5, 5.41) is 3.38. The van der Waals surface area contributed by atoms with Crippen molar-refractivity contribution in [3.8, 4) is 0 Å².